The smallest absolute Gasteiger partial charge is 0.149 e. The second kappa shape index (κ2) is 5.20. The predicted octanol–water partition coefficient (Wildman–Crippen LogP) is 5.55. The van der Waals surface area contributed by atoms with Gasteiger partial charge in [0.15, 0.2) is 0 Å². The number of allylic oxidation sites excluding steroid dienone is 2. The summed E-state index contributed by atoms with van der Waals surface area (Å²) in [6, 6.07) is 10.4. The third kappa shape index (κ3) is 2.09. The van der Waals surface area contributed by atoms with Crippen molar-refractivity contribution in [3.8, 4) is 0 Å². The molecule has 2 aromatic rings. The molecule has 4 rings (SSSR count). The van der Waals surface area contributed by atoms with E-state index in [1.165, 1.54) is 6.07 Å². The Morgan fingerprint density at radius 2 is 1.91 bits per heavy atom. The van der Waals surface area contributed by atoms with Gasteiger partial charge in [0.25, 0.3) is 0 Å². The summed E-state index contributed by atoms with van der Waals surface area (Å²) in [6.07, 6.45) is 5.09. The molecule has 0 radical (unpaired) electrons. The molecule has 22 heavy (non-hydrogen) atoms. The monoisotopic (exact) mass is 361 g/mol. The van der Waals surface area contributed by atoms with Crippen molar-refractivity contribution >= 4 is 21.6 Å². The molecule has 2 aromatic carbocycles. The summed E-state index contributed by atoms with van der Waals surface area (Å²) in [5.74, 6) is -0.715. The van der Waals surface area contributed by atoms with Gasteiger partial charge >= 0.3 is 0 Å². The van der Waals surface area contributed by atoms with E-state index in [1.54, 1.807) is 0 Å². The minimum absolute atomic E-state index is 0.00281. The van der Waals surface area contributed by atoms with E-state index >= 15 is 0 Å². The first-order chi connectivity index (χ1) is 10.6. The van der Waals surface area contributed by atoms with Gasteiger partial charge < -0.3 is 5.32 Å². The average Bonchev–Trinajstić information content (AvgIpc) is 2.97. The predicted molar refractivity (Wildman–Crippen MR) is 86.9 cm³/mol. The van der Waals surface area contributed by atoms with E-state index in [1.807, 2.05) is 24.3 Å². The van der Waals surface area contributed by atoms with Crippen LogP contribution >= 0.6 is 15.9 Å². The van der Waals surface area contributed by atoms with E-state index in [0.29, 0.717) is 5.69 Å². The molecule has 0 amide bonds. The Morgan fingerprint density at radius 3 is 2.73 bits per heavy atom. The highest BCUT2D eigenvalue weighted by atomic mass is 79.9. The fraction of sp³-hybridized carbons (Fsp3) is 0.222. The first-order valence-electron chi connectivity index (χ1n) is 7.31. The van der Waals surface area contributed by atoms with Crippen LogP contribution in [-0.4, -0.2) is 0 Å². The van der Waals surface area contributed by atoms with Crippen molar-refractivity contribution in [1.29, 1.82) is 0 Å². The van der Waals surface area contributed by atoms with Gasteiger partial charge in [-0.1, -0.05) is 46.3 Å². The van der Waals surface area contributed by atoms with Gasteiger partial charge in [0, 0.05) is 16.5 Å². The Morgan fingerprint density at radius 1 is 1.09 bits per heavy atom. The van der Waals surface area contributed by atoms with E-state index in [4.69, 9.17) is 0 Å². The van der Waals surface area contributed by atoms with Crippen LogP contribution in [-0.2, 0) is 0 Å². The highest BCUT2D eigenvalue weighted by Gasteiger charge is 2.39. The lowest BCUT2D eigenvalue weighted by Gasteiger charge is -2.38. The van der Waals surface area contributed by atoms with Crippen LogP contribution in [0.2, 0.25) is 0 Å². The first-order valence-corrected chi connectivity index (χ1v) is 8.11. The molecule has 4 heteroatoms. The number of hydrogen-bond donors (Lipinski definition) is 1. The summed E-state index contributed by atoms with van der Waals surface area (Å²) in [5, 5.41) is 3.31. The molecule has 2 aliphatic rings. The molecule has 0 bridgehead atoms. The highest BCUT2D eigenvalue weighted by molar-refractivity contribution is 9.10. The molecule has 3 atom stereocenters. The highest BCUT2D eigenvalue weighted by Crippen LogP contribution is 2.51. The quantitative estimate of drug-likeness (QED) is 0.656. The molecule has 1 N–H and O–H groups in total. The van der Waals surface area contributed by atoms with Crippen molar-refractivity contribution in [3.63, 3.8) is 0 Å². The van der Waals surface area contributed by atoms with Gasteiger partial charge in [0.2, 0.25) is 0 Å². The van der Waals surface area contributed by atoms with Gasteiger partial charge in [-0.05, 0) is 35.6 Å². The lowest BCUT2D eigenvalue weighted by molar-refractivity contribution is 0.417. The van der Waals surface area contributed by atoms with Gasteiger partial charge in [-0.2, -0.15) is 0 Å². The molecule has 1 nitrogen and oxygen atoms in total. The maximum Gasteiger partial charge on any atom is 0.149 e. The summed E-state index contributed by atoms with van der Waals surface area (Å²) in [6.45, 7) is 0. The Balaban J connectivity index is 1.86. The summed E-state index contributed by atoms with van der Waals surface area (Å²) >= 11 is 3.58. The molecule has 0 fully saturated rings. The topological polar surface area (TPSA) is 12.0 Å². The SMILES string of the molecule is Fc1cc(F)c2c(c1)C1C=CCC1[C@@H](c1ccccc1Br)N2. The Labute approximate surface area is 136 Å². The van der Waals surface area contributed by atoms with Crippen LogP contribution in [0.4, 0.5) is 14.5 Å². The number of fused-ring (bicyclic) bond motifs is 3. The maximum absolute atomic E-state index is 14.2. The van der Waals surface area contributed by atoms with Crippen LogP contribution in [0.25, 0.3) is 0 Å². The van der Waals surface area contributed by atoms with Crippen LogP contribution in [0.15, 0.2) is 53.0 Å². The third-order valence-corrected chi connectivity index (χ3v) is 5.35. The zero-order valence-corrected chi connectivity index (χ0v) is 13.3. The van der Waals surface area contributed by atoms with Crippen molar-refractivity contribution in [1.82, 2.24) is 0 Å². The Bertz CT molecular complexity index is 772. The molecule has 1 aliphatic heterocycles. The second-order valence-electron chi connectivity index (χ2n) is 5.85. The van der Waals surface area contributed by atoms with Crippen LogP contribution in [0, 0.1) is 17.6 Å². The lowest BCUT2D eigenvalue weighted by Crippen LogP contribution is -2.30. The van der Waals surface area contributed by atoms with Crippen LogP contribution in [0.1, 0.15) is 29.5 Å². The van der Waals surface area contributed by atoms with E-state index < -0.39 is 11.6 Å². The maximum atomic E-state index is 14.2. The van der Waals surface area contributed by atoms with E-state index in [2.05, 4.69) is 33.4 Å². The number of nitrogens with one attached hydrogen (secondary N) is 1. The lowest BCUT2D eigenvalue weighted by atomic mass is 9.77. The van der Waals surface area contributed by atoms with Gasteiger partial charge in [0.1, 0.15) is 11.6 Å². The van der Waals surface area contributed by atoms with Crippen molar-refractivity contribution < 1.29 is 8.78 Å². The average molecular weight is 362 g/mol. The zero-order chi connectivity index (χ0) is 15.3. The van der Waals surface area contributed by atoms with E-state index in [9.17, 15) is 8.78 Å². The van der Waals surface area contributed by atoms with Gasteiger partial charge in [-0.15, -0.1) is 0 Å². The van der Waals surface area contributed by atoms with Gasteiger partial charge in [-0.25, -0.2) is 8.78 Å². The van der Waals surface area contributed by atoms with Crippen LogP contribution < -0.4 is 5.32 Å². The van der Waals surface area contributed by atoms with Crippen molar-refractivity contribution in [3.05, 3.63) is 75.8 Å². The van der Waals surface area contributed by atoms with Gasteiger partial charge in [-0.3, -0.25) is 0 Å². The fourth-order valence-corrected chi connectivity index (χ4v) is 4.19. The molecule has 112 valence electrons. The molecule has 0 saturated heterocycles. The Hall–Kier alpha value is -1.68. The molecule has 0 aromatic heterocycles. The van der Waals surface area contributed by atoms with E-state index in [0.717, 1.165) is 28.1 Å². The number of hydrogen-bond acceptors (Lipinski definition) is 1. The summed E-state index contributed by atoms with van der Waals surface area (Å²) in [4.78, 5) is 0. The van der Waals surface area contributed by atoms with E-state index in [-0.39, 0.29) is 17.9 Å². The minimum Gasteiger partial charge on any atom is -0.375 e. The molecule has 2 unspecified atom stereocenters. The number of anilines is 1. The zero-order valence-electron chi connectivity index (χ0n) is 11.7. The second-order valence-corrected chi connectivity index (χ2v) is 6.70. The number of rotatable bonds is 1. The summed E-state index contributed by atoms with van der Waals surface area (Å²) < 4.78 is 28.8. The normalized spacial score (nSPS) is 25.5. The van der Waals surface area contributed by atoms with Crippen molar-refractivity contribution in [2.75, 3.05) is 5.32 Å². The summed E-state index contributed by atoms with van der Waals surface area (Å²) in [7, 11) is 0. The number of halogens is 3. The molecule has 1 heterocycles. The molecule has 0 spiro atoms. The fourth-order valence-electron chi connectivity index (χ4n) is 3.66. The number of benzene rings is 2. The van der Waals surface area contributed by atoms with Crippen LogP contribution in [0.5, 0.6) is 0 Å². The third-order valence-electron chi connectivity index (χ3n) is 4.63. The molecule has 0 saturated carbocycles. The molecule has 1 aliphatic carbocycles. The Kier molecular flexibility index (Phi) is 3.30. The van der Waals surface area contributed by atoms with Crippen molar-refractivity contribution in [2.45, 2.75) is 18.4 Å². The van der Waals surface area contributed by atoms with Gasteiger partial charge in [0.05, 0.1) is 11.7 Å². The van der Waals surface area contributed by atoms with Crippen LogP contribution in [0.3, 0.4) is 0 Å². The molecular weight excluding hydrogens is 348 g/mol. The standard InChI is InChI=1S/C18H14BrF2N/c19-15-7-2-1-4-13(15)17-12-6-3-5-11(12)14-8-10(20)9-16(21)18(14)22-17/h1-5,7-9,11-12,17,22H,6H2/t11?,12?,17-/m0/s1. The first kappa shape index (κ1) is 13.9. The molecular formula is C18H14BrF2N. The summed E-state index contributed by atoms with van der Waals surface area (Å²) in [5.41, 5.74) is 2.25. The van der Waals surface area contributed by atoms with Crippen molar-refractivity contribution in [2.24, 2.45) is 5.92 Å². The minimum atomic E-state index is -0.522. The largest absolute Gasteiger partial charge is 0.375 e.